The third-order valence-electron chi connectivity index (χ3n) is 7.89. The van der Waals surface area contributed by atoms with Crippen molar-refractivity contribution in [3.63, 3.8) is 0 Å². The highest BCUT2D eigenvalue weighted by molar-refractivity contribution is 6.11. The minimum Gasteiger partial charge on any atom is -0.371 e. The molecule has 4 nitrogen and oxygen atoms in total. The predicted octanol–water partition coefficient (Wildman–Crippen LogP) is 5.10. The normalized spacial score (nSPS) is 25.1. The van der Waals surface area contributed by atoms with Gasteiger partial charge in [0.1, 0.15) is 0 Å². The smallest absolute Gasteiger partial charge is 0.277 e. The molecule has 2 fully saturated rings. The number of hydrogen-bond acceptors (Lipinski definition) is 3. The number of nitrogens with zero attached hydrogens (tertiary/aromatic N) is 2. The molecule has 1 saturated heterocycles. The van der Waals surface area contributed by atoms with E-state index in [0.717, 1.165) is 35.6 Å². The van der Waals surface area contributed by atoms with E-state index in [1.165, 1.54) is 25.7 Å². The molecule has 0 aromatic heterocycles. The van der Waals surface area contributed by atoms with Gasteiger partial charge in [0.15, 0.2) is 0 Å². The van der Waals surface area contributed by atoms with Crippen molar-refractivity contribution in [2.75, 3.05) is 22.9 Å². The van der Waals surface area contributed by atoms with Crippen LogP contribution < -0.4 is 9.80 Å². The van der Waals surface area contributed by atoms with Gasteiger partial charge in [-0.05, 0) is 60.4 Å². The quantitative estimate of drug-likeness (QED) is 0.551. The molecule has 176 valence electrons. The van der Waals surface area contributed by atoms with Gasteiger partial charge in [-0.25, -0.2) is 0 Å². The number of fused-ring (bicyclic) bond motifs is 2. The van der Waals surface area contributed by atoms with Gasteiger partial charge in [-0.1, -0.05) is 73.4 Å². The van der Waals surface area contributed by atoms with Crippen molar-refractivity contribution in [1.82, 2.24) is 0 Å². The summed E-state index contributed by atoms with van der Waals surface area (Å²) in [5.74, 6) is 7.11. The summed E-state index contributed by atoms with van der Waals surface area (Å²) in [5.41, 5.74) is 2.26. The molecule has 0 spiro atoms. The van der Waals surface area contributed by atoms with Gasteiger partial charge in [-0.15, -0.1) is 0 Å². The van der Waals surface area contributed by atoms with Crippen molar-refractivity contribution in [1.29, 1.82) is 0 Å². The Balaban J connectivity index is 1.45. The zero-order chi connectivity index (χ0) is 23.8. The Morgan fingerprint density at radius 1 is 0.829 bits per heavy atom. The lowest BCUT2D eigenvalue weighted by Gasteiger charge is -2.25. The van der Waals surface area contributed by atoms with E-state index in [-0.39, 0.29) is 5.91 Å². The van der Waals surface area contributed by atoms with Gasteiger partial charge < -0.3 is 14.9 Å². The lowest BCUT2D eigenvalue weighted by Crippen LogP contribution is -2.39. The number of benzene rings is 3. The van der Waals surface area contributed by atoms with Crippen LogP contribution >= 0.6 is 0 Å². The lowest BCUT2D eigenvalue weighted by molar-refractivity contribution is -0.130. The minimum absolute atomic E-state index is 0.371. The van der Waals surface area contributed by atoms with Crippen molar-refractivity contribution in [2.24, 2.45) is 11.8 Å². The predicted molar refractivity (Wildman–Crippen MR) is 139 cm³/mol. The van der Waals surface area contributed by atoms with Crippen LogP contribution in [0, 0.1) is 23.7 Å². The molecule has 3 aliphatic rings. The molecule has 4 heteroatoms. The number of aliphatic hydroxyl groups is 1. The van der Waals surface area contributed by atoms with Crippen LogP contribution in [-0.2, 0) is 16.9 Å². The topological polar surface area (TPSA) is 43.8 Å². The molecule has 0 radical (unpaired) electrons. The first-order chi connectivity index (χ1) is 17.1. The van der Waals surface area contributed by atoms with Gasteiger partial charge in [0.2, 0.25) is 5.60 Å². The average molecular weight is 463 g/mol. The largest absolute Gasteiger partial charge is 0.371 e. The zero-order valence-electron chi connectivity index (χ0n) is 19.9. The third-order valence-corrected chi connectivity index (χ3v) is 7.89. The molecule has 1 aliphatic carbocycles. The fraction of sp³-hybridized carbons (Fsp3) is 0.323. The van der Waals surface area contributed by atoms with Crippen LogP contribution in [0.2, 0.25) is 0 Å². The molecule has 35 heavy (non-hydrogen) atoms. The Bertz CT molecular complexity index is 1280. The van der Waals surface area contributed by atoms with Crippen LogP contribution in [0.25, 0.3) is 0 Å². The standard InChI is InChI=1S/C31H30N2O2/c34-30-31(35,19-18-23-10-3-1-4-11-23)29-27(32-21-25-14-7-8-15-26(25)22-32)16-9-17-28(29)33(30)20-24-12-5-2-6-13-24/h1-6,9-13,16-17,25-26,35H,7-8,14-15,20-22H2. The fourth-order valence-corrected chi connectivity index (χ4v) is 6.12. The van der Waals surface area contributed by atoms with E-state index >= 15 is 0 Å². The Morgan fingerprint density at radius 2 is 1.46 bits per heavy atom. The molecule has 6 rings (SSSR count). The van der Waals surface area contributed by atoms with Crippen LogP contribution in [0.1, 0.15) is 42.4 Å². The van der Waals surface area contributed by atoms with E-state index < -0.39 is 5.60 Å². The Morgan fingerprint density at radius 3 is 2.14 bits per heavy atom. The summed E-state index contributed by atoms with van der Waals surface area (Å²) in [7, 11) is 0. The van der Waals surface area contributed by atoms with Crippen LogP contribution in [0.4, 0.5) is 11.4 Å². The summed E-state index contributed by atoms with van der Waals surface area (Å²) >= 11 is 0. The average Bonchev–Trinajstić information content (AvgIpc) is 3.43. The lowest BCUT2D eigenvalue weighted by atomic mass is 9.82. The maximum absolute atomic E-state index is 13.9. The van der Waals surface area contributed by atoms with Gasteiger partial charge in [-0.2, -0.15) is 0 Å². The van der Waals surface area contributed by atoms with Crippen LogP contribution in [0.5, 0.6) is 0 Å². The summed E-state index contributed by atoms with van der Waals surface area (Å²) in [6.07, 6.45) is 5.15. The number of amides is 1. The van der Waals surface area contributed by atoms with Gasteiger partial charge in [0.05, 0.1) is 17.8 Å². The molecule has 3 aromatic rings. The highest BCUT2D eigenvalue weighted by Gasteiger charge is 2.52. The van der Waals surface area contributed by atoms with E-state index in [9.17, 15) is 9.90 Å². The molecule has 1 amide bonds. The van der Waals surface area contributed by atoms with E-state index in [1.54, 1.807) is 4.90 Å². The number of hydrogen-bond donors (Lipinski definition) is 1. The number of rotatable bonds is 3. The molecule has 3 atom stereocenters. The highest BCUT2D eigenvalue weighted by atomic mass is 16.3. The first-order valence-corrected chi connectivity index (χ1v) is 12.7. The fourth-order valence-electron chi connectivity index (χ4n) is 6.12. The second-order valence-corrected chi connectivity index (χ2v) is 10.1. The Kier molecular flexibility index (Phi) is 5.59. The van der Waals surface area contributed by atoms with E-state index in [1.807, 2.05) is 72.8 Å². The molecule has 2 heterocycles. The molecule has 3 unspecified atom stereocenters. The summed E-state index contributed by atoms with van der Waals surface area (Å²) in [6.45, 7) is 2.36. The number of anilines is 2. The van der Waals surface area contributed by atoms with Gasteiger partial charge in [0, 0.05) is 24.3 Å². The van der Waals surface area contributed by atoms with Gasteiger partial charge in [0.25, 0.3) is 5.91 Å². The SMILES string of the molecule is O=C1N(Cc2ccccc2)c2cccc(N3CC4CCCCC4C3)c2C1(O)C#Cc1ccccc1. The molecule has 1 N–H and O–H groups in total. The van der Waals surface area contributed by atoms with E-state index in [2.05, 4.69) is 22.8 Å². The molecular weight excluding hydrogens is 432 g/mol. The number of carbonyl (C=O) groups excluding carboxylic acids is 1. The Hall–Kier alpha value is -3.55. The van der Waals surface area contributed by atoms with Crippen molar-refractivity contribution < 1.29 is 9.90 Å². The van der Waals surface area contributed by atoms with Crippen LogP contribution in [0.15, 0.2) is 78.9 Å². The summed E-state index contributed by atoms with van der Waals surface area (Å²) in [5, 5.41) is 12.0. The first kappa shape index (κ1) is 21.9. The first-order valence-electron chi connectivity index (χ1n) is 12.7. The Labute approximate surface area is 207 Å². The summed E-state index contributed by atoms with van der Waals surface area (Å²) in [4.78, 5) is 18.0. The third kappa shape index (κ3) is 3.90. The molecule has 0 bridgehead atoms. The highest BCUT2D eigenvalue weighted by Crippen LogP contribution is 2.48. The monoisotopic (exact) mass is 462 g/mol. The molecule has 3 aromatic carbocycles. The molecular formula is C31H30N2O2. The second kappa shape index (κ2) is 8.91. The maximum atomic E-state index is 13.9. The van der Waals surface area contributed by atoms with Crippen molar-refractivity contribution in [2.45, 2.75) is 37.8 Å². The molecule has 2 aliphatic heterocycles. The van der Waals surface area contributed by atoms with Crippen LogP contribution in [-0.4, -0.2) is 24.1 Å². The van der Waals surface area contributed by atoms with E-state index in [0.29, 0.717) is 23.9 Å². The van der Waals surface area contributed by atoms with Crippen molar-refractivity contribution in [3.8, 4) is 11.8 Å². The molecule has 1 saturated carbocycles. The zero-order valence-corrected chi connectivity index (χ0v) is 19.9. The second-order valence-electron chi connectivity index (χ2n) is 10.1. The van der Waals surface area contributed by atoms with Crippen LogP contribution in [0.3, 0.4) is 0 Å². The number of carbonyl (C=O) groups is 1. The maximum Gasteiger partial charge on any atom is 0.277 e. The van der Waals surface area contributed by atoms with Gasteiger partial charge >= 0.3 is 0 Å². The summed E-state index contributed by atoms with van der Waals surface area (Å²) in [6, 6.07) is 25.5. The van der Waals surface area contributed by atoms with Crippen molar-refractivity contribution in [3.05, 3.63) is 95.6 Å². The van der Waals surface area contributed by atoms with E-state index in [4.69, 9.17) is 0 Å². The van der Waals surface area contributed by atoms with Crippen molar-refractivity contribution >= 4 is 17.3 Å². The summed E-state index contributed by atoms with van der Waals surface area (Å²) < 4.78 is 0. The minimum atomic E-state index is -1.88. The van der Waals surface area contributed by atoms with Gasteiger partial charge in [-0.3, -0.25) is 4.79 Å².